The summed E-state index contributed by atoms with van der Waals surface area (Å²) in [6, 6.07) is 0. The third-order valence-electron chi connectivity index (χ3n) is 19.5. The van der Waals surface area contributed by atoms with Gasteiger partial charge in [-0.3, -0.25) is 37.3 Å². The molecule has 0 amide bonds. The molecule has 606 valence electrons. The van der Waals surface area contributed by atoms with Gasteiger partial charge >= 0.3 is 39.5 Å². The minimum absolute atomic E-state index is 0.106. The fourth-order valence-electron chi connectivity index (χ4n) is 12.9. The predicted octanol–water partition coefficient (Wildman–Crippen LogP) is 25.2. The Morgan fingerprint density at radius 3 is 0.667 bits per heavy atom. The van der Waals surface area contributed by atoms with Crippen LogP contribution < -0.4 is 0 Å². The smallest absolute Gasteiger partial charge is 0.462 e. The second-order valence-electron chi connectivity index (χ2n) is 30.3. The van der Waals surface area contributed by atoms with Crippen molar-refractivity contribution < 1.29 is 80.2 Å². The van der Waals surface area contributed by atoms with Gasteiger partial charge in [0.25, 0.3) is 0 Å². The quantitative estimate of drug-likeness (QED) is 0.0222. The number of hydrogen-bond acceptors (Lipinski definition) is 15. The van der Waals surface area contributed by atoms with Gasteiger partial charge in [-0.15, -0.1) is 0 Å². The number of aliphatic hydroxyl groups excluding tert-OH is 1. The van der Waals surface area contributed by atoms with E-state index >= 15 is 0 Å². The van der Waals surface area contributed by atoms with Gasteiger partial charge in [0.1, 0.15) is 19.3 Å². The molecular weight excluding hydrogens is 1330 g/mol. The zero-order valence-electron chi connectivity index (χ0n) is 66.8. The van der Waals surface area contributed by atoms with Gasteiger partial charge < -0.3 is 33.8 Å². The summed E-state index contributed by atoms with van der Waals surface area (Å²) >= 11 is 0. The molecule has 0 aromatic heterocycles. The standard InChI is InChI=1S/C83H162O17P2/c1-6-9-12-15-18-20-22-24-26-28-30-32-34-36-38-40-42-47-52-57-62-67-81(86)94-73-79(100-82(87)68-63-58-53-48-43-41-39-37-35-33-31-29-27-25-23-21-19-16-13-10-7-2)75-98-102(91,92)96-71-77(84)70-95-101(89,90)97-74-78(72-93-80(85)66-61-56-50-17-14-11-8-3)99-83(88)69-64-59-54-49-45-44-46-51-55-60-65-76(4)5/h76-79,84H,6-75H2,1-5H3,(H,89,90)(H,91,92)/t77-,78+,79+/m0/s1. The molecule has 0 aliphatic heterocycles. The number of ether oxygens (including phenoxy) is 4. The van der Waals surface area contributed by atoms with E-state index in [0.717, 1.165) is 109 Å². The molecule has 0 aliphatic carbocycles. The second kappa shape index (κ2) is 75.9. The average molecular weight is 1490 g/mol. The first-order valence-corrected chi connectivity index (χ1v) is 46.1. The van der Waals surface area contributed by atoms with E-state index in [4.69, 9.17) is 37.0 Å². The van der Waals surface area contributed by atoms with Crippen molar-refractivity contribution in [3.63, 3.8) is 0 Å². The minimum Gasteiger partial charge on any atom is -0.462 e. The lowest BCUT2D eigenvalue weighted by atomic mass is 10.0. The van der Waals surface area contributed by atoms with Crippen molar-refractivity contribution in [1.82, 2.24) is 0 Å². The number of unbranched alkanes of at least 4 members (excludes halogenated alkanes) is 55. The van der Waals surface area contributed by atoms with Crippen molar-refractivity contribution in [2.24, 2.45) is 5.92 Å². The van der Waals surface area contributed by atoms with Gasteiger partial charge in [0, 0.05) is 25.7 Å². The third-order valence-corrected chi connectivity index (χ3v) is 21.4. The number of aliphatic hydroxyl groups is 1. The van der Waals surface area contributed by atoms with Crippen LogP contribution in [0, 0.1) is 5.92 Å². The maximum absolute atomic E-state index is 13.1. The third kappa shape index (κ3) is 76.3. The Morgan fingerprint density at radius 2 is 0.451 bits per heavy atom. The molecule has 0 saturated heterocycles. The topological polar surface area (TPSA) is 237 Å². The molecule has 0 fully saturated rings. The molecule has 2 unspecified atom stereocenters. The molecule has 102 heavy (non-hydrogen) atoms. The summed E-state index contributed by atoms with van der Waals surface area (Å²) in [5, 5.41) is 10.6. The largest absolute Gasteiger partial charge is 0.472 e. The molecule has 3 N–H and O–H groups in total. The molecule has 0 heterocycles. The van der Waals surface area contributed by atoms with E-state index in [2.05, 4.69) is 34.6 Å². The van der Waals surface area contributed by atoms with Crippen LogP contribution in [0.1, 0.15) is 446 Å². The number of phosphoric acid groups is 2. The average Bonchev–Trinajstić information content (AvgIpc) is 0.932. The number of rotatable bonds is 83. The van der Waals surface area contributed by atoms with Crippen molar-refractivity contribution in [3.05, 3.63) is 0 Å². The van der Waals surface area contributed by atoms with Crippen molar-refractivity contribution in [1.29, 1.82) is 0 Å². The highest BCUT2D eigenvalue weighted by Gasteiger charge is 2.30. The highest BCUT2D eigenvalue weighted by Crippen LogP contribution is 2.45. The maximum atomic E-state index is 13.1. The van der Waals surface area contributed by atoms with E-state index < -0.39 is 97.5 Å². The number of esters is 4. The van der Waals surface area contributed by atoms with E-state index in [1.165, 1.54) is 257 Å². The van der Waals surface area contributed by atoms with Crippen molar-refractivity contribution in [2.45, 2.75) is 464 Å². The summed E-state index contributed by atoms with van der Waals surface area (Å²) in [7, 11) is -9.91. The summed E-state index contributed by atoms with van der Waals surface area (Å²) in [5.74, 6) is -1.36. The Hall–Kier alpha value is -1.94. The molecule has 5 atom stereocenters. The first-order chi connectivity index (χ1) is 49.5. The number of carbonyl (C=O) groups is 4. The Bertz CT molecular complexity index is 1940. The fraction of sp³-hybridized carbons (Fsp3) is 0.952. The minimum atomic E-state index is -4.96. The normalized spacial score (nSPS) is 13.8. The molecule has 0 saturated carbocycles. The molecule has 0 bridgehead atoms. The van der Waals surface area contributed by atoms with Gasteiger partial charge in [-0.05, 0) is 31.6 Å². The maximum Gasteiger partial charge on any atom is 0.472 e. The van der Waals surface area contributed by atoms with Crippen molar-refractivity contribution >= 4 is 39.5 Å². The Labute approximate surface area is 626 Å². The molecule has 17 nitrogen and oxygen atoms in total. The van der Waals surface area contributed by atoms with Gasteiger partial charge in [0.2, 0.25) is 0 Å². The van der Waals surface area contributed by atoms with Crippen LogP contribution in [-0.2, 0) is 65.4 Å². The highest BCUT2D eigenvalue weighted by atomic mass is 31.2. The SMILES string of the molecule is CCCCCCCCCCCCCCCCCCCCCCCC(=O)OC[C@H](COP(=O)(O)OC[C@@H](O)COP(=O)(O)OC[C@@H](COC(=O)CCCCCCCCC)OC(=O)CCCCCCCCCCCCC(C)C)OC(=O)CCCCCCCCCCCCCCCCCCCCCCC. The van der Waals surface area contributed by atoms with E-state index in [1.807, 2.05) is 0 Å². The fourth-order valence-corrected chi connectivity index (χ4v) is 14.5. The Balaban J connectivity index is 5.15. The monoisotopic (exact) mass is 1490 g/mol. The van der Waals surface area contributed by atoms with Gasteiger partial charge in [0.05, 0.1) is 26.4 Å². The molecular formula is C83H162O17P2. The van der Waals surface area contributed by atoms with Gasteiger partial charge in [0.15, 0.2) is 12.2 Å². The van der Waals surface area contributed by atoms with E-state index in [9.17, 15) is 43.2 Å². The molecule has 19 heteroatoms. The molecule has 0 aliphatic rings. The Kier molecular flexibility index (Phi) is 74.4. The van der Waals surface area contributed by atoms with Crippen LogP contribution in [0.15, 0.2) is 0 Å². The van der Waals surface area contributed by atoms with Crippen molar-refractivity contribution in [3.8, 4) is 0 Å². The van der Waals surface area contributed by atoms with Gasteiger partial charge in [-0.1, -0.05) is 394 Å². The second-order valence-corrected chi connectivity index (χ2v) is 33.3. The lowest BCUT2D eigenvalue weighted by Crippen LogP contribution is -2.30. The number of hydrogen-bond donors (Lipinski definition) is 3. The lowest BCUT2D eigenvalue weighted by molar-refractivity contribution is -0.161. The van der Waals surface area contributed by atoms with Crippen LogP contribution in [0.25, 0.3) is 0 Å². The Morgan fingerprint density at radius 1 is 0.265 bits per heavy atom. The summed E-state index contributed by atoms with van der Waals surface area (Å²) in [4.78, 5) is 72.9. The first-order valence-electron chi connectivity index (χ1n) is 43.1. The van der Waals surface area contributed by atoms with Crippen LogP contribution in [0.5, 0.6) is 0 Å². The molecule has 0 radical (unpaired) electrons. The molecule has 0 aromatic carbocycles. The van der Waals surface area contributed by atoms with Crippen LogP contribution >= 0.6 is 15.6 Å². The van der Waals surface area contributed by atoms with Crippen LogP contribution in [-0.4, -0.2) is 96.7 Å². The van der Waals surface area contributed by atoms with Gasteiger partial charge in [-0.25, -0.2) is 9.13 Å². The van der Waals surface area contributed by atoms with E-state index in [0.29, 0.717) is 25.7 Å². The summed E-state index contributed by atoms with van der Waals surface area (Å²) in [6.07, 6.45) is 68.4. The highest BCUT2D eigenvalue weighted by molar-refractivity contribution is 7.47. The predicted molar refractivity (Wildman–Crippen MR) is 418 cm³/mol. The van der Waals surface area contributed by atoms with Crippen LogP contribution in [0.4, 0.5) is 0 Å². The summed E-state index contributed by atoms with van der Waals surface area (Å²) in [5.41, 5.74) is 0. The molecule has 0 spiro atoms. The van der Waals surface area contributed by atoms with E-state index in [1.54, 1.807) is 0 Å². The first kappa shape index (κ1) is 100. The van der Waals surface area contributed by atoms with Gasteiger partial charge in [-0.2, -0.15) is 0 Å². The van der Waals surface area contributed by atoms with E-state index in [-0.39, 0.29) is 25.7 Å². The summed E-state index contributed by atoms with van der Waals surface area (Å²) < 4.78 is 68.6. The van der Waals surface area contributed by atoms with Crippen molar-refractivity contribution in [2.75, 3.05) is 39.6 Å². The lowest BCUT2D eigenvalue weighted by Gasteiger charge is -2.21. The molecule has 0 rings (SSSR count). The molecule has 0 aromatic rings. The number of carbonyl (C=O) groups excluding carboxylic acids is 4. The van der Waals surface area contributed by atoms with Crippen LogP contribution in [0.2, 0.25) is 0 Å². The zero-order chi connectivity index (χ0) is 74.8. The summed E-state index contributed by atoms with van der Waals surface area (Å²) in [6.45, 7) is 7.28. The number of phosphoric ester groups is 2. The zero-order valence-corrected chi connectivity index (χ0v) is 68.5. The van der Waals surface area contributed by atoms with Crippen LogP contribution in [0.3, 0.4) is 0 Å².